The Morgan fingerprint density at radius 3 is 2.11 bits per heavy atom. The van der Waals surface area contributed by atoms with Crippen molar-refractivity contribution in [2.45, 2.75) is 18.0 Å². The zero-order chi connectivity index (χ0) is 14.5. The van der Waals surface area contributed by atoms with E-state index in [9.17, 15) is 31.4 Å². The Morgan fingerprint density at radius 1 is 1.00 bits per heavy atom. The Balaban J connectivity index is 2.68. The molecule has 0 amide bonds. The number of H-pyrrole nitrogens is 1. The summed E-state index contributed by atoms with van der Waals surface area (Å²) < 4.78 is 75.7. The summed E-state index contributed by atoms with van der Waals surface area (Å²) in [6.45, 7) is 0. The molecule has 2 rings (SSSR count). The van der Waals surface area contributed by atoms with E-state index in [0.717, 1.165) is 12.3 Å². The molecule has 9 heteroatoms. The second-order valence-corrected chi connectivity index (χ2v) is 3.88. The van der Waals surface area contributed by atoms with Crippen LogP contribution in [0.15, 0.2) is 24.4 Å². The molecule has 0 spiro atoms. The molecular weight excluding hydrogens is 278 g/mol. The molecule has 1 heterocycles. The highest BCUT2D eigenvalue weighted by atomic mass is 19.4. The van der Waals surface area contributed by atoms with E-state index in [1.165, 1.54) is 0 Å². The summed E-state index contributed by atoms with van der Waals surface area (Å²) in [5, 5.41) is 15.1. The zero-order valence-corrected chi connectivity index (χ0v) is 8.97. The van der Waals surface area contributed by atoms with E-state index in [2.05, 4.69) is 10.2 Å². The number of rotatable bonds is 1. The molecule has 0 saturated carbocycles. The first-order valence-corrected chi connectivity index (χ1v) is 4.87. The summed E-state index contributed by atoms with van der Waals surface area (Å²) in [6, 6.07) is 2.14. The number of fused-ring (bicyclic) bond motifs is 1. The Kier molecular flexibility index (Phi) is 2.77. The van der Waals surface area contributed by atoms with Crippen molar-refractivity contribution in [1.82, 2.24) is 10.2 Å². The number of aromatic nitrogens is 2. The minimum absolute atomic E-state index is 0.0319. The fourth-order valence-corrected chi connectivity index (χ4v) is 1.66. The average Bonchev–Trinajstić information content (AvgIpc) is 2.71. The normalized spacial score (nSPS) is 14.1. The van der Waals surface area contributed by atoms with E-state index in [-0.39, 0.29) is 10.9 Å². The molecular formula is C10H6F6N2O. The van der Waals surface area contributed by atoms with E-state index < -0.39 is 23.5 Å². The molecule has 0 fully saturated rings. The van der Waals surface area contributed by atoms with Gasteiger partial charge in [0.2, 0.25) is 0 Å². The number of nitrogens with one attached hydrogen (secondary N) is 1. The van der Waals surface area contributed by atoms with Crippen LogP contribution in [0.3, 0.4) is 0 Å². The predicted octanol–water partition coefficient (Wildman–Crippen LogP) is 2.88. The van der Waals surface area contributed by atoms with Crippen molar-refractivity contribution in [2.24, 2.45) is 0 Å². The third-order valence-electron chi connectivity index (χ3n) is 2.68. The SMILES string of the molecule is OC(c1ccc2[nH]ncc2c1)(C(F)(F)F)C(F)(F)F. The number of hydrogen-bond donors (Lipinski definition) is 2. The lowest BCUT2D eigenvalue weighted by Crippen LogP contribution is -2.53. The number of alkyl halides is 6. The fraction of sp³-hybridized carbons (Fsp3) is 0.300. The van der Waals surface area contributed by atoms with Gasteiger partial charge in [-0.2, -0.15) is 31.4 Å². The van der Waals surface area contributed by atoms with Gasteiger partial charge in [-0.1, -0.05) is 6.07 Å². The van der Waals surface area contributed by atoms with Gasteiger partial charge in [0.15, 0.2) is 0 Å². The Labute approximate surface area is 101 Å². The van der Waals surface area contributed by atoms with E-state index >= 15 is 0 Å². The molecule has 1 aromatic carbocycles. The van der Waals surface area contributed by atoms with Crippen LogP contribution < -0.4 is 0 Å². The lowest BCUT2D eigenvalue weighted by Gasteiger charge is -2.32. The van der Waals surface area contributed by atoms with Gasteiger partial charge in [0.05, 0.1) is 11.7 Å². The van der Waals surface area contributed by atoms with Crippen molar-refractivity contribution in [3.05, 3.63) is 30.0 Å². The van der Waals surface area contributed by atoms with Crippen LogP contribution in [0, 0.1) is 0 Å². The summed E-state index contributed by atoms with van der Waals surface area (Å²) in [4.78, 5) is 0. The standard InChI is InChI=1S/C10H6F6N2O/c11-9(12,13)8(19,10(14,15)16)6-1-2-7-5(3-6)4-17-18-7/h1-4,19H,(H,17,18). The van der Waals surface area contributed by atoms with Crippen molar-refractivity contribution in [3.8, 4) is 0 Å². The number of halogens is 6. The van der Waals surface area contributed by atoms with Crippen LogP contribution in [0.1, 0.15) is 5.56 Å². The second-order valence-electron chi connectivity index (χ2n) is 3.88. The Morgan fingerprint density at radius 2 is 1.58 bits per heavy atom. The molecule has 0 aliphatic heterocycles. The first-order valence-electron chi connectivity index (χ1n) is 4.87. The smallest absolute Gasteiger partial charge is 0.369 e. The number of benzene rings is 1. The third-order valence-corrected chi connectivity index (χ3v) is 2.68. The first kappa shape index (κ1) is 13.7. The summed E-state index contributed by atoms with van der Waals surface area (Å²) >= 11 is 0. The molecule has 0 radical (unpaired) electrons. The second kappa shape index (κ2) is 3.86. The summed E-state index contributed by atoms with van der Waals surface area (Å²) in [6.07, 6.45) is -10.7. The zero-order valence-electron chi connectivity index (χ0n) is 8.97. The van der Waals surface area contributed by atoms with Crippen LogP contribution in [0.2, 0.25) is 0 Å². The van der Waals surface area contributed by atoms with E-state index in [1.807, 2.05) is 0 Å². The molecule has 0 aliphatic rings. The van der Waals surface area contributed by atoms with E-state index in [0.29, 0.717) is 12.1 Å². The van der Waals surface area contributed by atoms with E-state index in [1.54, 1.807) is 0 Å². The molecule has 2 aromatic rings. The van der Waals surface area contributed by atoms with Gasteiger partial charge in [-0.25, -0.2) is 0 Å². The average molecular weight is 284 g/mol. The van der Waals surface area contributed by atoms with Crippen LogP contribution >= 0.6 is 0 Å². The number of aliphatic hydroxyl groups is 1. The topological polar surface area (TPSA) is 48.9 Å². The van der Waals surface area contributed by atoms with Gasteiger partial charge >= 0.3 is 12.4 Å². The lowest BCUT2D eigenvalue weighted by molar-refractivity contribution is -0.376. The van der Waals surface area contributed by atoms with Gasteiger partial charge in [-0.15, -0.1) is 0 Å². The highest BCUT2D eigenvalue weighted by Gasteiger charge is 2.71. The Hall–Kier alpha value is -1.77. The van der Waals surface area contributed by atoms with Gasteiger partial charge in [0.1, 0.15) is 0 Å². The van der Waals surface area contributed by atoms with Gasteiger partial charge in [-0.05, 0) is 12.1 Å². The number of aromatic amines is 1. The van der Waals surface area contributed by atoms with Crippen LogP contribution in [-0.2, 0) is 5.60 Å². The summed E-state index contributed by atoms with van der Waals surface area (Å²) in [7, 11) is 0. The first-order chi connectivity index (χ1) is 8.57. The van der Waals surface area contributed by atoms with Crippen molar-refractivity contribution in [2.75, 3.05) is 0 Å². The molecule has 0 atom stereocenters. The summed E-state index contributed by atoms with van der Waals surface area (Å²) in [5.41, 5.74) is -5.96. The van der Waals surface area contributed by atoms with Crippen molar-refractivity contribution in [3.63, 3.8) is 0 Å². The molecule has 104 valence electrons. The number of hydrogen-bond acceptors (Lipinski definition) is 2. The molecule has 1 aromatic heterocycles. The monoisotopic (exact) mass is 284 g/mol. The molecule has 2 N–H and O–H groups in total. The van der Waals surface area contributed by atoms with Crippen LogP contribution in [0.4, 0.5) is 26.3 Å². The maximum absolute atomic E-state index is 12.6. The predicted molar refractivity (Wildman–Crippen MR) is 52.1 cm³/mol. The van der Waals surface area contributed by atoms with Crippen LogP contribution in [0.5, 0.6) is 0 Å². The highest BCUT2D eigenvalue weighted by Crippen LogP contribution is 2.50. The van der Waals surface area contributed by atoms with Crippen LogP contribution in [0.25, 0.3) is 10.9 Å². The third kappa shape index (κ3) is 1.93. The molecule has 3 nitrogen and oxygen atoms in total. The van der Waals surface area contributed by atoms with Gasteiger partial charge < -0.3 is 5.11 Å². The molecule has 19 heavy (non-hydrogen) atoms. The van der Waals surface area contributed by atoms with Gasteiger partial charge in [0, 0.05) is 10.9 Å². The highest BCUT2D eigenvalue weighted by molar-refractivity contribution is 5.78. The largest absolute Gasteiger partial charge is 0.430 e. The summed E-state index contributed by atoms with van der Waals surface area (Å²) in [5.74, 6) is 0. The molecule has 0 aliphatic carbocycles. The minimum atomic E-state index is -5.89. The minimum Gasteiger partial charge on any atom is -0.369 e. The molecule has 0 bridgehead atoms. The lowest BCUT2D eigenvalue weighted by atomic mass is 9.91. The van der Waals surface area contributed by atoms with Crippen molar-refractivity contribution < 1.29 is 31.4 Å². The molecule has 0 saturated heterocycles. The van der Waals surface area contributed by atoms with Crippen LogP contribution in [-0.4, -0.2) is 27.7 Å². The number of nitrogens with zero attached hydrogens (tertiary/aromatic N) is 1. The van der Waals surface area contributed by atoms with Gasteiger partial charge in [0.25, 0.3) is 5.60 Å². The van der Waals surface area contributed by atoms with Crippen molar-refractivity contribution >= 4 is 10.9 Å². The van der Waals surface area contributed by atoms with Crippen molar-refractivity contribution in [1.29, 1.82) is 0 Å². The van der Waals surface area contributed by atoms with Gasteiger partial charge in [-0.3, -0.25) is 5.10 Å². The van der Waals surface area contributed by atoms with E-state index in [4.69, 9.17) is 0 Å². The maximum Gasteiger partial charge on any atom is 0.430 e. The fourth-order valence-electron chi connectivity index (χ4n) is 1.66. The Bertz CT molecular complexity index is 586. The maximum atomic E-state index is 12.6. The molecule has 0 unspecified atom stereocenters. The quantitative estimate of drug-likeness (QED) is 0.791.